The Bertz CT molecular complexity index is 749. The van der Waals surface area contributed by atoms with Gasteiger partial charge in [0.1, 0.15) is 18.5 Å². The van der Waals surface area contributed by atoms with Crippen molar-refractivity contribution in [1.29, 1.82) is 0 Å². The number of methoxy groups -OCH3 is 2. The van der Waals surface area contributed by atoms with Gasteiger partial charge < -0.3 is 24.2 Å². The third kappa shape index (κ3) is 5.44. The van der Waals surface area contributed by atoms with Crippen LogP contribution in [0.3, 0.4) is 0 Å². The second-order valence-corrected chi connectivity index (χ2v) is 7.18. The van der Waals surface area contributed by atoms with Gasteiger partial charge in [-0.3, -0.25) is 4.90 Å². The van der Waals surface area contributed by atoms with Gasteiger partial charge in [0.15, 0.2) is 11.5 Å². The lowest BCUT2D eigenvalue weighted by Crippen LogP contribution is -2.49. The number of rotatable bonds is 8. The molecule has 1 N–H and O–H groups in total. The van der Waals surface area contributed by atoms with Crippen molar-refractivity contribution >= 4 is 17.3 Å². The highest BCUT2D eigenvalue weighted by molar-refractivity contribution is 6.30. The summed E-state index contributed by atoms with van der Waals surface area (Å²) in [5.74, 6) is 2.17. The van der Waals surface area contributed by atoms with E-state index in [2.05, 4.69) is 9.80 Å². The van der Waals surface area contributed by atoms with Gasteiger partial charge in [0.05, 0.1) is 14.2 Å². The summed E-state index contributed by atoms with van der Waals surface area (Å²) in [5, 5.41) is 11.0. The second kappa shape index (κ2) is 9.87. The summed E-state index contributed by atoms with van der Waals surface area (Å²) < 4.78 is 16.3. The maximum atomic E-state index is 10.3. The van der Waals surface area contributed by atoms with Gasteiger partial charge in [-0.15, -0.1) is 0 Å². The molecule has 2 aromatic carbocycles. The molecule has 152 valence electrons. The van der Waals surface area contributed by atoms with Crippen molar-refractivity contribution in [2.45, 2.75) is 6.10 Å². The molecule has 1 atom stereocenters. The highest BCUT2D eigenvalue weighted by Crippen LogP contribution is 2.31. The van der Waals surface area contributed by atoms with Crippen LogP contribution in [0.2, 0.25) is 5.02 Å². The molecule has 1 unspecified atom stereocenters. The molecule has 0 bridgehead atoms. The lowest BCUT2D eigenvalue weighted by atomic mass is 10.2. The molecule has 1 heterocycles. The molecule has 2 aromatic rings. The van der Waals surface area contributed by atoms with E-state index in [0.29, 0.717) is 17.3 Å². The number of anilines is 1. The van der Waals surface area contributed by atoms with E-state index < -0.39 is 6.10 Å². The molecule has 1 aliphatic heterocycles. The van der Waals surface area contributed by atoms with Crippen molar-refractivity contribution in [3.8, 4) is 17.2 Å². The summed E-state index contributed by atoms with van der Waals surface area (Å²) in [6, 6.07) is 13.1. The number of aliphatic hydroxyl groups is 1. The summed E-state index contributed by atoms with van der Waals surface area (Å²) in [6.45, 7) is 4.39. The van der Waals surface area contributed by atoms with Gasteiger partial charge >= 0.3 is 0 Å². The average Bonchev–Trinajstić information content (AvgIpc) is 2.73. The Morgan fingerprint density at radius 3 is 2.29 bits per heavy atom. The summed E-state index contributed by atoms with van der Waals surface area (Å²) in [7, 11) is 3.28. The van der Waals surface area contributed by atoms with E-state index in [1.165, 1.54) is 0 Å². The Morgan fingerprint density at radius 2 is 1.64 bits per heavy atom. The zero-order valence-electron chi connectivity index (χ0n) is 16.3. The predicted molar refractivity (Wildman–Crippen MR) is 111 cm³/mol. The lowest BCUT2D eigenvalue weighted by molar-refractivity contribution is 0.0663. The number of ether oxygens (including phenoxy) is 3. The minimum atomic E-state index is -0.539. The zero-order chi connectivity index (χ0) is 19.9. The van der Waals surface area contributed by atoms with E-state index in [0.717, 1.165) is 43.4 Å². The van der Waals surface area contributed by atoms with Gasteiger partial charge in [-0.05, 0) is 36.4 Å². The molecule has 0 aliphatic carbocycles. The number of hydrogen-bond acceptors (Lipinski definition) is 6. The Morgan fingerprint density at radius 1 is 0.964 bits per heavy atom. The minimum absolute atomic E-state index is 0.261. The molecule has 7 heteroatoms. The largest absolute Gasteiger partial charge is 0.493 e. The van der Waals surface area contributed by atoms with Crippen LogP contribution in [0, 0.1) is 0 Å². The Labute approximate surface area is 171 Å². The highest BCUT2D eigenvalue weighted by atomic mass is 35.5. The molecule has 0 aromatic heterocycles. The fourth-order valence-corrected chi connectivity index (χ4v) is 3.41. The van der Waals surface area contributed by atoms with E-state index in [-0.39, 0.29) is 6.61 Å². The van der Waals surface area contributed by atoms with Crippen LogP contribution in [0.4, 0.5) is 5.69 Å². The third-order valence-electron chi connectivity index (χ3n) is 4.83. The molecule has 28 heavy (non-hydrogen) atoms. The molecule has 0 saturated carbocycles. The van der Waals surface area contributed by atoms with E-state index >= 15 is 0 Å². The van der Waals surface area contributed by atoms with Crippen LogP contribution in [0.5, 0.6) is 17.2 Å². The van der Waals surface area contributed by atoms with Gasteiger partial charge in [-0.1, -0.05) is 11.6 Å². The van der Waals surface area contributed by atoms with Gasteiger partial charge in [-0.25, -0.2) is 0 Å². The molecule has 3 rings (SSSR count). The van der Waals surface area contributed by atoms with Crippen molar-refractivity contribution in [2.75, 3.05) is 58.5 Å². The number of benzene rings is 2. The average molecular weight is 407 g/mol. The van der Waals surface area contributed by atoms with E-state index in [4.69, 9.17) is 25.8 Å². The van der Waals surface area contributed by atoms with Crippen LogP contribution in [-0.2, 0) is 0 Å². The Kier molecular flexibility index (Phi) is 7.25. The quantitative estimate of drug-likeness (QED) is 0.727. The summed E-state index contributed by atoms with van der Waals surface area (Å²) >= 11 is 5.86. The zero-order valence-corrected chi connectivity index (χ0v) is 17.1. The number of aliphatic hydroxyl groups excluding tert-OH is 1. The minimum Gasteiger partial charge on any atom is -0.493 e. The fourth-order valence-electron chi connectivity index (χ4n) is 3.28. The monoisotopic (exact) mass is 406 g/mol. The second-order valence-electron chi connectivity index (χ2n) is 6.75. The molecular weight excluding hydrogens is 380 g/mol. The molecule has 0 amide bonds. The van der Waals surface area contributed by atoms with E-state index in [1.54, 1.807) is 38.5 Å². The number of halogens is 1. The number of nitrogens with zero attached hydrogens (tertiary/aromatic N) is 2. The molecule has 0 spiro atoms. The van der Waals surface area contributed by atoms with Crippen LogP contribution in [0.15, 0.2) is 42.5 Å². The first kappa shape index (κ1) is 20.6. The van der Waals surface area contributed by atoms with Crippen molar-refractivity contribution in [2.24, 2.45) is 0 Å². The predicted octanol–water partition coefficient (Wildman–Crippen LogP) is 2.92. The fraction of sp³-hybridized carbons (Fsp3) is 0.429. The smallest absolute Gasteiger partial charge is 0.162 e. The maximum absolute atomic E-state index is 10.3. The van der Waals surface area contributed by atoms with Crippen molar-refractivity contribution in [3.63, 3.8) is 0 Å². The summed E-state index contributed by atoms with van der Waals surface area (Å²) in [6.07, 6.45) is -0.539. The van der Waals surface area contributed by atoms with Crippen molar-refractivity contribution in [1.82, 2.24) is 4.90 Å². The molecule has 6 nitrogen and oxygen atoms in total. The first-order chi connectivity index (χ1) is 13.6. The van der Waals surface area contributed by atoms with E-state index in [9.17, 15) is 5.11 Å². The summed E-state index contributed by atoms with van der Waals surface area (Å²) in [4.78, 5) is 4.57. The Hall–Kier alpha value is -2.15. The normalized spacial score (nSPS) is 15.9. The number of hydrogen-bond donors (Lipinski definition) is 1. The molecule has 1 fully saturated rings. The topological polar surface area (TPSA) is 54.4 Å². The number of piperazine rings is 1. The van der Waals surface area contributed by atoms with Crippen LogP contribution >= 0.6 is 11.6 Å². The van der Waals surface area contributed by atoms with Crippen LogP contribution in [-0.4, -0.2) is 69.7 Å². The maximum Gasteiger partial charge on any atom is 0.162 e. The van der Waals surface area contributed by atoms with Crippen LogP contribution < -0.4 is 19.1 Å². The van der Waals surface area contributed by atoms with Gasteiger partial charge in [-0.2, -0.15) is 0 Å². The molecular formula is C21H27ClN2O4. The molecule has 1 aliphatic rings. The molecule has 0 radical (unpaired) electrons. The lowest BCUT2D eigenvalue weighted by Gasteiger charge is -2.37. The van der Waals surface area contributed by atoms with Crippen LogP contribution in [0.1, 0.15) is 0 Å². The van der Waals surface area contributed by atoms with Gasteiger partial charge in [0.2, 0.25) is 0 Å². The van der Waals surface area contributed by atoms with Gasteiger partial charge in [0.25, 0.3) is 0 Å². The first-order valence-corrected chi connectivity index (χ1v) is 9.72. The SMILES string of the molecule is COc1ccc(N2CCN(CC(O)COc3ccc(Cl)cc3)CC2)cc1OC. The molecule has 1 saturated heterocycles. The Balaban J connectivity index is 1.45. The standard InChI is InChI=1S/C21H27ClN2O4/c1-26-20-8-5-17(13-21(20)27-2)24-11-9-23(10-12-24)14-18(25)15-28-19-6-3-16(22)4-7-19/h3-8,13,18,25H,9-12,14-15H2,1-2H3. The van der Waals surface area contributed by atoms with Crippen LogP contribution in [0.25, 0.3) is 0 Å². The first-order valence-electron chi connectivity index (χ1n) is 9.35. The van der Waals surface area contributed by atoms with Crippen molar-refractivity contribution < 1.29 is 19.3 Å². The van der Waals surface area contributed by atoms with E-state index in [1.807, 2.05) is 18.2 Å². The van der Waals surface area contributed by atoms with Gasteiger partial charge in [0, 0.05) is 49.5 Å². The van der Waals surface area contributed by atoms with Crippen molar-refractivity contribution in [3.05, 3.63) is 47.5 Å². The summed E-state index contributed by atoms with van der Waals surface area (Å²) in [5.41, 5.74) is 1.11. The number of β-amino-alcohol motifs (C(OH)–C–C–N with tert-alkyl or cyclic N) is 1. The third-order valence-corrected chi connectivity index (χ3v) is 5.08. The highest BCUT2D eigenvalue weighted by Gasteiger charge is 2.20.